The number of ketones is 1. The number of halogens is 1. The zero-order valence-corrected chi connectivity index (χ0v) is 11.1. The van der Waals surface area contributed by atoms with Crippen LogP contribution in [0.5, 0.6) is 0 Å². The Morgan fingerprint density at radius 2 is 2.33 bits per heavy atom. The Kier molecular flexibility index (Phi) is 4.00. The van der Waals surface area contributed by atoms with Crippen molar-refractivity contribution < 1.29 is 4.79 Å². The third-order valence-electron chi connectivity index (χ3n) is 3.33. The Morgan fingerprint density at radius 1 is 1.56 bits per heavy atom. The molecule has 1 aromatic rings. The smallest absolute Gasteiger partial charge is 0.138 e. The SMILES string of the molecule is CC1CN(Cc2ccc(C#N)cc2Cl)CCC1=O. The van der Waals surface area contributed by atoms with E-state index < -0.39 is 0 Å². The van der Waals surface area contributed by atoms with E-state index in [4.69, 9.17) is 16.9 Å². The standard InChI is InChI=1S/C14H15ClN2O/c1-10-8-17(5-4-14(10)18)9-12-3-2-11(7-16)6-13(12)15/h2-3,6,10H,4-5,8-9H2,1H3. The predicted molar refractivity (Wildman–Crippen MR) is 70.2 cm³/mol. The molecule has 1 atom stereocenters. The first-order valence-corrected chi connectivity index (χ1v) is 6.41. The Balaban J connectivity index is 2.06. The maximum Gasteiger partial charge on any atom is 0.138 e. The van der Waals surface area contributed by atoms with Gasteiger partial charge in [-0.25, -0.2) is 0 Å². The number of hydrogen-bond donors (Lipinski definition) is 0. The van der Waals surface area contributed by atoms with Gasteiger partial charge < -0.3 is 0 Å². The minimum absolute atomic E-state index is 0.107. The molecular weight excluding hydrogens is 248 g/mol. The van der Waals surface area contributed by atoms with E-state index in [9.17, 15) is 4.79 Å². The summed E-state index contributed by atoms with van der Waals surface area (Å²) >= 11 is 6.15. The van der Waals surface area contributed by atoms with Gasteiger partial charge in [0, 0.05) is 37.0 Å². The second-order valence-corrected chi connectivity index (χ2v) is 5.18. The van der Waals surface area contributed by atoms with Crippen LogP contribution in [0.4, 0.5) is 0 Å². The number of benzene rings is 1. The Morgan fingerprint density at radius 3 is 2.94 bits per heavy atom. The quantitative estimate of drug-likeness (QED) is 0.823. The summed E-state index contributed by atoms with van der Waals surface area (Å²) in [5.74, 6) is 0.452. The normalized spacial score (nSPS) is 20.7. The summed E-state index contributed by atoms with van der Waals surface area (Å²) in [5.41, 5.74) is 1.59. The Bertz CT molecular complexity index is 507. The summed E-state index contributed by atoms with van der Waals surface area (Å²) in [6, 6.07) is 7.43. The van der Waals surface area contributed by atoms with E-state index in [0.717, 1.165) is 25.2 Å². The van der Waals surface area contributed by atoms with Crippen molar-refractivity contribution in [2.75, 3.05) is 13.1 Å². The van der Waals surface area contributed by atoms with Gasteiger partial charge in [-0.1, -0.05) is 24.6 Å². The molecule has 0 radical (unpaired) electrons. The number of nitrogens with zero attached hydrogens (tertiary/aromatic N) is 2. The highest BCUT2D eigenvalue weighted by Crippen LogP contribution is 2.21. The molecule has 94 valence electrons. The topological polar surface area (TPSA) is 44.1 Å². The van der Waals surface area contributed by atoms with Gasteiger partial charge in [-0.3, -0.25) is 9.69 Å². The fourth-order valence-electron chi connectivity index (χ4n) is 2.22. The fourth-order valence-corrected chi connectivity index (χ4v) is 2.47. The van der Waals surface area contributed by atoms with Gasteiger partial charge >= 0.3 is 0 Å². The van der Waals surface area contributed by atoms with E-state index in [-0.39, 0.29) is 5.92 Å². The van der Waals surface area contributed by atoms with E-state index in [1.807, 2.05) is 13.0 Å². The van der Waals surface area contributed by atoms with Crippen molar-refractivity contribution in [1.82, 2.24) is 4.90 Å². The van der Waals surface area contributed by atoms with Crippen molar-refractivity contribution in [3.63, 3.8) is 0 Å². The van der Waals surface area contributed by atoms with Gasteiger partial charge in [-0.15, -0.1) is 0 Å². The molecule has 1 aliphatic heterocycles. The fraction of sp³-hybridized carbons (Fsp3) is 0.429. The van der Waals surface area contributed by atoms with Gasteiger partial charge in [0.25, 0.3) is 0 Å². The van der Waals surface area contributed by atoms with Gasteiger partial charge in [0.15, 0.2) is 0 Å². The summed E-state index contributed by atoms with van der Waals surface area (Å²) in [6.07, 6.45) is 0.620. The largest absolute Gasteiger partial charge is 0.299 e. The van der Waals surface area contributed by atoms with Crippen LogP contribution >= 0.6 is 11.6 Å². The lowest BCUT2D eigenvalue weighted by atomic mass is 9.98. The second kappa shape index (κ2) is 5.51. The molecule has 18 heavy (non-hydrogen) atoms. The van der Waals surface area contributed by atoms with Gasteiger partial charge in [-0.2, -0.15) is 5.26 Å². The van der Waals surface area contributed by atoms with E-state index in [2.05, 4.69) is 11.0 Å². The average molecular weight is 263 g/mol. The Hall–Kier alpha value is -1.37. The van der Waals surface area contributed by atoms with Gasteiger partial charge in [0.2, 0.25) is 0 Å². The molecule has 1 aromatic carbocycles. The maximum atomic E-state index is 11.5. The van der Waals surface area contributed by atoms with Crippen LogP contribution < -0.4 is 0 Å². The molecule has 0 bridgehead atoms. The third-order valence-corrected chi connectivity index (χ3v) is 3.68. The number of carbonyl (C=O) groups excluding carboxylic acids is 1. The molecule has 0 saturated carbocycles. The van der Waals surface area contributed by atoms with Crippen molar-refractivity contribution in [2.24, 2.45) is 5.92 Å². The molecule has 0 amide bonds. The maximum absolute atomic E-state index is 11.5. The molecule has 1 fully saturated rings. The summed E-state index contributed by atoms with van der Waals surface area (Å²) < 4.78 is 0. The van der Waals surface area contributed by atoms with Crippen molar-refractivity contribution in [1.29, 1.82) is 5.26 Å². The number of rotatable bonds is 2. The van der Waals surface area contributed by atoms with Crippen LogP contribution in [-0.2, 0) is 11.3 Å². The summed E-state index contributed by atoms with van der Waals surface area (Å²) in [4.78, 5) is 13.7. The molecule has 1 unspecified atom stereocenters. The van der Waals surface area contributed by atoms with Gasteiger partial charge in [-0.05, 0) is 17.7 Å². The number of piperidine rings is 1. The molecule has 1 heterocycles. The van der Waals surface area contributed by atoms with Crippen molar-refractivity contribution in [2.45, 2.75) is 19.9 Å². The molecule has 0 spiro atoms. The van der Waals surface area contributed by atoms with Crippen LogP contribution in [0.15, 0.2) is 18.2 Å². The third kappa shape index (κ3) is 2.90. The van der Waals surface area contributed by atoms with Crippen molar-refractivity contribution in [3.05, 3.63) is 34.3 Å². The minimum Gasteiger partial charge on any atom is -0.299 e. The summed E-state index contributed by atoms with van der Waals surface area (Å²) in [7, 11) is 0. The highest BCUT2D eigenvalue weighted by Gasteiger charge is 2.23. The van der Waals surface area contributed by atoms with Crippen LogP contribution in [0, 0.1) is 17.2 Å². The predicted octanol–water partition coefficient (Wildman–Crippen LogP) is 2.62. The lowest BCUT2D eigenvalue weighted by Crippen LogP contribution is -2.39. The van der Waals surface area contributed by atoms with Crippen molar-refractivity contribution >= 4 is 17.4 Å². The average Bonchev–Trinajstić information content (AvgIpc) is 2.36. The first-order valence-electron chi connectivity index (χ1n) is 6.03. The molecule has 1 aliphatic rings. The first-order chi connectivity index (χ1) is 8.60. The lowest BCUT2D eigenvalue weighted by Gasteiger charge is -2.30. The van der Waals surface area contributed by atoms with Crippen LogP contribution in [0.25, 0.3) is 0 Å². The van der Waals surface area contributed by atoms with Crippen LogP contribution in [0.1, 0.15) is 24.5 Å². The zero-order valence-electron chi connectivity index (χ0n) is 10.3. The molecule has 0 aromatic heterocycles. The lowest BCUT2D eigenvalue weighted by molar-refractivity contribution is -0.125. The minimum atomic E-state index is 0.107. The molecule has 0 N–H and O–H groups in total. The molecule has 1 saturated heterocycles. The molecule has 0 aliphatic carbocycles. The van der Waals surface area contributed by atoms with E-state index >= 15 is 0 Å². The van der Waals surface area contributed by atoms with Crippen LogP contribution in [0.2, 0.25) is 5.02 Å². The second-order valence-electron chi connectivity index (χ2n) is 4.77. The number of carbonyl (C=O) groups is 1. The monoisotopic (exact) mass is 262 g/mol. The molecule has 2 rings (SSSR count). The summed E-state index contributed by atoms with van der Waals surface area (Å²) in [6.45, 7) is 4.28. The molecule has 3 nitrogen and oxygen atoms in total. The number of hydrogen-bond acceptors (Lipinski definition) is 3. The van der Waals surface area contributed by atoms with Crippen LogP contribution in [-0.4, -0.2) is 23.8 Å². The van der Waals surface area contributed by atoms with Gasteiger partial charge in [0.1, 0.15) is 5.78 Å². The van der Waals surface area contributed by atoms with Crippen molar-refractivity contribution in [3.8, 4) is 6.07 Å². The van der Waals surface area contributed by atoms with Crippen LogP contribution in [0.3, 0.4) is 0 Å². The number of likely N-dealkylation sites (tertiary alicyclic amines) is 1. The summed E-state index contributed by atoms with van der Waals surface area (Å²) in [5, 5.41) is 9.41. The Labute approximate surface area is 112 Å². The van der Waals surface area contributed by atoms with E-state index in [1.54, 1.807) is 12.1 Å². The highest BCUT2D eigenvalue weighted by atomic mass is 35.5. The van der Waals surface area contributed by atoms with Gasteiger partial charge in [0.05, 0.1) is 11.6 Å². The van der Waals surface area contributed by atoms with E-state index in [1.165, 1.54) is 0 Å². The number of Topliss-reactive ketones (excluding diaryl/α,β-unsaturated/α-hetero) is 1. The number of nitriles is 1. The highest BCUT2D eigenvalue weighted by molar-refractivity contribution is 6.31. The molecular formula is C14H15ClN2O. The van der Waals surface area contributed by atoms with E-state index in [0.29, 0.717) is 22.8 Å². The first kappa shape index (κ1) is 13.1. The molecule has 4 heteroatoms. The zero-order chi connectivity index (χ0) is 13.1.